The zero-order chi connectivity index (χ0) is 10.8. The maximum atomic E-state index is 5.81. The largest absolute Gasteiger partial charge is 0.383 e. The van der Waals surface area contributed by atoms with Crippen LogP contribution in [0.2, 0.25) is 0 Å². The second-order valence-electron chi connectivity index (χ2n) is 3.42. The van der Waals surface area contributed by atoms with Gasteiger partial charge in [0.15, 0.2) is 0 Å². The van der Waals surface area contributed by atoms with Crippen LogP contribution in [0, 0.1) is 6.92 Å². The molecular formula is C11H13N3O. The van der Waals surface area contributed by atoms with E-state index in [0.717, 1.165) is 29.1 Å². The maximum Gasteiger partial charge on any atom is 0.137 e. The molecule has 0 saturated heterocycles. The average molecular weight is 203 g/mol. The van der Waals surface area contributed by atoms with Gasteiger partial charge in [0.25, 0.3) is 0 Å². The lowest BCUT2D eigenvalue weighted by Gasteiger charge is -2.00. The van der Waals surface area contributed by atoms with Crippen LogP contribution in [-0.2, 0) is 6.42 Å². The molecule has 0 radical (unpaired) electrons. The first-order valence-corrected chi connectivity index (χ1v) is 4.89. The van der Waals surface area contributed by atoms with Crippen LogP contribution in [-0.4, -0.2) is 10.1 Å². The lowest BCUT2D eigenvalue weighted by Crippen LogP contribution is -1.95. The third-order valence-corrected chi connectivity index (χ3v) is 2.25. The number of hydrogen-bond donors (Lipinski definition) is 1. The van der Waals surface area contributed by atoms with E-state index in [1.54, 1.807) is 0 Å². The Bertz CT molecular complexity index is 476. The second kappa shape index (κ2) is 3.73. The fraction of sp³-hybridized carbons (Fsp3) is 0.273. The van der Waals surface area contributed by atoms with Gasteiger partial charge >= 0.3 is 0 Å². The fourth-order valence-corrected chi connectivity index (χ4v) is 1.40. The van der Waals surface area contributed by atoms with Crippen molar-refractivity contribution >= 4 is 5.82 Å². The van der Waals surface area contributed by atoms with Crippen LogP contribution in [0.25, 0.3) is 11.3 Å². The Hall–Kier alpha value is -1.84. The van der Waals surface area contributed by atoms with E-state index in [2.05, 4.69) is 10.1 Å². The summed E-state index contributed by atoms with van der Waals surface area (Å²) in [7, 11) is 0. The summed E-state index contributed by atoms with van der Waals surface area (Å²) in [4.78, 5) is 4.18. The van der Waals surface area contributed by atoms with Crippen LogP contribution < -0.4 is 5.73 Å². The third-order valence-electron chi connectivity index (χ3n) is 2.25. The van der Waals surface area contributed by atoms with Crippen molar-refractivity contribution in [1.82, 2.24) is 10.1 Å². The van der Waals surface area contributed by atoms with Crippen molar-refractivity contribution < 1.29 is 4.52 Å². The predicted octanol–water partition coefficient (Wildman–Crippen LogP) is 2.19. The molecule has 2 N–H and O–H groups in total. The second-order valence-corrected chi connectivity index (χ2v) is 3.42. The molecule has 2 aromatic heterocycles. The van der Waals surface area contributed by atoms with Crippen LogP contribution in [0.3, 0.4) is 0 Å². The molecule has 0 bridgehead atoms. The van der Waals surface area contributed by atoms with E-state index in [0.29, 0.717) is 5.82 Å². The molecule has 15 heavy (non-hydrogen) atoms. The van der Waals surface area contributed by atoms with E-state index < -0.39 is 0 Å². The van der Waals surface area contributed by atoms with E-state index in [4.69, 9.17) is 10.3 Å². The molecule has 0 fully saturated rings. The average Bonchev–Trinajstić information content (AvgIpc) is 2.66. The van der Waals surface area contributed by atoms with Crippen molar-refractivity contribution in [2.24, 2.45) is 0 Å². The zero-order valence-corrected chi connectivity index (χ0v) is 8.82. The van der Waals surface area contributed by atoms with Crippen LogP contribution in [0.15, 0.2) is 22.7 Å². The minimum absolute atomic E-state index is 0.492. The highest BCUT2D eigenvalue weighted by atomic mass is 16.5. The van der Waals surface area contributed by atoms with Gasteiger partial charge in [0.05, 0.1) is 0 Å². The summed E-state index contributed by atoms with van der Waals surface area (Å²) in [5, 5.41) is 3.95. The van der Waals surface area contributed by atoms with Crippen molar-refractivity contribution in [1.29, 1.82) is 0 Å². The Morgan fingerprint density at radius 2 is 2.20 bits per heavy atom. The fourth-order valence-electron chi connectivity index (χ4n) is 1.40. The van der Waals surface area contributed by atoms with Crippen molar-refractivity contribution in [3.8, 4) is 11.3 Å². The lowest BCUT2D eigenvalue weighted by molar-refractivity contribution is 0.389. The molecule has 2 aromatic rings. The Labute approximate surface area is 88.1 Å². The molecule has 0 saturated carbocycles. The highest BCUT2D eigenvalue weighted by Gasteiger charge is 2.09. The summed E-state index contributed by atoms with van der Waals surface area (Å²) in [6.45, 7) is 3.92. The summed E-state index contributed by atoms with van der Waals surface area (Å²) >= 11 is 0. The third kappa shape index (κ3) is 1.83. The summed E-state index contributed by atoms with van der Waals surface area (Å²) < 4.78 is 5.12. The first-order valence-electron chi connectivity index (χ1n) is 4.89. The molecule has 0 unspecified atom stereocenters. The summed E-state index contributed by atoms with van der Waals surface area (Å²) in [6, 6.07) is 5.71. The highest BCUT2D eigenvalue weighted by molar-refractivity contribution is 5.70. The number of nitrogens with zero attached hydrogens (tertiary/aromatic N) is 2. The van der Waals surface area contributed by atoms with E-state index in [1.807, 2.05) is 32.0 Å². The van der Waals surface area contributed by atoms with Gasteiger partial charge in [-0.3, -0.25) is 0 Å². The first kappa shape index (κ1) is 9.71. The van der Waals surface area contributed by atoms with Gasteiger partial charge < -0.3 is 10.3 Å². The highest BCUT2D eigenvalue weighted by Crippen LogP contribution is 2.24. The van der Waals surface area contributed by atoms with Gasteiger partial charge in [-0.1, -0.05) is 12.1 Å². The van der Waals surface area contributed by atoms with Gasteiger partial charge in [0.2, 0.25) is 0 Å². The minimum atomic E-state index is 0.492. The Kier molecular flexibility index (Phi) is 2.41. The molecule has 2 rings (SSSR count). The van der Waals surface area contributed by atoms with Gasteiger partial charge in [-0.25, -0.2) is 4.98 Å². The molecule has 0 aromatic carbocycles. The number of nitrogens with two attached hydrogens (primary N) is 1. The van der Waals surface area contributed by atoms with Crippen molar-refractivity contribution in [3.05, 3.63) is 29.7 Å². The minimum Gasteiger partial charge on any atom is -0.383 e. The summed E-state index contributed by atoms with van der Waals surface area (Å²) in [6.07, 6.45) is 0.826. The van der Waals surface area contributed by atoms with Crippen molar-refractivity contribution in [2.45, 2.75) is 20.3 Å². The van der Waals surface area contributed by atoms with Gasteiger partial charge in [-0.15, -0.1) is 0 Å². The van der Waals surface area contributed by atoms with Crippen molar-refractivity contribution in [3.63, 3.8) is 0 Å². The van der Waals surface area contributed by atoms with E-state index in [1.165, 1.54) is 0 Å². The SMILES string of the molecule is CCc1cc(-c2ccc(C)nc2N)no1. The van der Waals surface area contributed by atoms with E-state index in [-0.39, 0.29) is 0 Å². The first-order chi connectivity index (χ1) is 7.20. The Balaban J connectivity index is 2.44. The molecule has 0 aliphatic rings. The number of aromatic nitrogens is 2. The van der Waals surface area contributed by atoms with Crippen molar-refractivity contribution in [2.75, 3.05) is 5.73 Å². The number of rotatable bonds is 2. The predicted molar refractivity (Wildman–Crippen MR) is 58.3 cm³/mol. The van der Waals surface area contributed by atoms with E-state index in [9.17, 15) is 0 Å². The van der Waals surface area contributed by atoms with Crippen LogP contribution in [0.1, 0.15) is 18.4 Å². The molecule has 78 valence electrons. The topological polar surface area (TPSA) is 64.9 Å². The quantitative estimate of drug-likeness (QED) is 0.812. The molecular weight excluding hydrogens is 190 g/mol. The summed E-state index contributed by atoms with van der Waals surface area (Å²) in [5.41, 5.74) is 8.28. The standard InChI is InChI=1S/C11H13N3O/c1-3-8-6-10(14-15-8)9-5-4-7(2)13-11(9)12/h4-6H,3H2,1-2H3,(H2,12,13). The van der Waals surface area contributed by atoms with Crippen LogP contribution >= 0.6 is 0 Å². The van der Waals surface area contributed by atoms with Gasteiger partial charge in [-0.2, -0.15) is 0 Å². The van der Waals surface area contributed by atoms with Gasteiger partial charge in [0.1, 0.15) is 17.3 Å². The monoisotopic (exact) mass is 203 g/mol. The van der Waals surface area contributed by atoms with Gasteiger partial charge in [0, 0.05) is 23.7 Å². The molecule has 0 amide bonds. The number of anilines is 1. The Morgan fingerprint density at radius 1 is 1.40 bits per heavy atom. The molecule has 0 aliphatic carbocycles. The number of hydrogen-bond acceptors (Lipinski definition) is 4. The van der Waals surface area contributed by atoms with Crippen LogP contribution in [0.5, 0.6) is 0 Å². The number of nitrogen functional groups attached to an aromatic ring is 1. The molecule has 2 heterocycles. The van der Waals surface area contributed by atoms with E-state index >= 15 is 0 Å². The zero-order valence-electron chi connectivity index (χ0n) is 8.82. The maximum absolute atomic E-state index is 5.81. The number of aryl methyl sites for hydroxylation is 2. The lowest BCUT2D eigenvalue weighted by atomic mass is 10.1. The summed E-state index contributed by atoms with van der Waals surface area (Å²) in [5.74, 6) is 1.34. The molecule has 0 spiro atoms. The molecule has 0 atom stereocenters. The Morgan fingerprint density at radius 3 is 2.80 bits per heavy atom. The molecule has 4 heteroatoms. The number of pyridine rings is 1. The smallest absolute Gasteiger partial charge is 0.137 e. The van der Waals surface area contributed by atoms with Crippen LogP contribution in [0.4, 0.5) is 5.82 Å². The molecule has 0 aliphatic heterocycles. The van der Waals surface area contributed by atoms with Gasteiger partial charge in [-0.05, 0) is 19.1 Å². The normalized spacial score (nSPS) is 10.5. The molecule has 4 nitrogen and oxygen atoms in total.